The summed E-state index contributed by atoms with van der Waals surface area (Å²) in [5.41, 5.74) is 1.14. The van der Waals surface area contributed by atoms with Gasteiger partial charge in [-0.25, -0.2) is 4.39 Å². The quantitative estimate of drug-likeness (QED) is 0.301. The van der Waals surface area contributed by atoms with Crippen LogP contribution < -0.4 is 8.92 Å². The van der Waals surface area contributed by atoms with Crippen molar-refractivity contribution in [1.29, 1.82) is 0 Å². The molecule has 4 rings (SSSR count). The molecule has 1 aliphatic heterocycles. The van der Waals surface area contributed by atoms with Gasteiger partial charge < -0.3 is 8.92 Å². The van der Waals surface area contributed by atoms with E-state index in [-0.39, 0.29) is 34.5 Å². The van der Waals surface area contributed by atoms with Crippen LogP contribution in [0.2, 0.25) is 0 Å². The van der Waals surface area contributed by atoms with Crippen LogP contribution >= 0.6 is 11.8 Å². The van der Waals surface area contributed by atoms with Gasteiger partial charge in [0.15, 0.2) is 11.5 Å². The summed E-state index contributed by atoms with van der Waals surface area (Å²) in [7, 11) is -4.07. The molecule has 0 aliphatic carbocycles. The molecule has 180 valence electrons. The number of carbonyl (C=O) groups excluding carboxylic acids is 2. The Hall–Kier alpha value is -3.63. The number of rotatable bonds is 8. The fraction of sp³-hybridized carbons (Fsp3) is 0.120. The summed E-state index contributed by atoms with van der Waals surface area (Å²) in [6, 6.07) is 17.8. The molecule has 0 radical (unpaired) electrons. The van der Waals surface area contributed by atoms with Gasteiger partial charge in [-0.05, 0) is 72.3 Å². The molecule has 1 aliphatic rings. The van der Waals surface area contributed by atoms with Crippen LogP contribution in [0.5, 0.6) is 11.5 Å². The monoisotopic (exact) mass is 513 g/mol. The maximum absolute atomic E-state index is 13.1. The van der Waals surface area contributed by atoms with Gasteiger partial charge in [0, 0.05) is 0 Å². The highest BCUT2D eigenvalue weighted by atomic mass is 32.2. The zero-order valence-corrected chi connectivity index (χ0v) is 20.1. The van der Waals surface area contributed by atoms with Crippen molar-refractivity contribution < 1.29 is 31.3 Å². The van der Waals surface area contributed by atoms with Crippen molar-refractivity contribution in [2.75, 3.05) is 6.61 Å². The highest BCUT2D eigenvalue weighted by molar-refractivity contribution is 8.18. The maximum Gasteiger partial charge on any atom is 0.339 e. The molecule has 0 saturated carbocycles. The van der Waals surface area contributed by atoms with Crippen molar-refractivity contribution in [3.05, 3.63) is 94.6 Å². The summed E-state index contributed by atoms with van der Waals surface area (Å²) >= 11 is 0.786. The van der Waals surface area contributed by atoms with E-state index in [0.29, 0.717) is 11.1 Å². The van der Waals surface area contributed by atoms with E-state index in [2.05, 4.69) is 0 Å². The normalized spacial score (nSPS) is 15.0. The number of hydrogen-bond acceptors (Lipinski definition) is 7. The number of nitrogens with zero attached hydrogens (tertiary/aromatic N) is 1. The van der Waals surface area contributed by atoms with Gasteiger partial charge in [-0.1, -0.05) is 36.4 Å². The molecule has 0 aromatic heterocycles. The Balaban J connectivity index is 1.56. The summed E-state index contributed by atoms with van der Waals surface area (Å²) in [5, 5.41) is -0.440. The number of ether oxygens (including phenoxy) is 1. The summed E-state index contributed by atoms with van der Waals surface area (Å²) in [4.78, 5) is 26.5. The van der Waals surface area contributed by atoms with E-state index in [1.54, 1.807) is 31.2 Å². The van der Waals surface area contributed by atoms with Crippen LogP contribution in [0.15, 0.2) is 82.6 Å². The standard InChI is InChI=1S/C25H20FNO6S2/c1-2-32-22-14-18(10-13-21(22)33-35(30,31)20-6-4-3-5-7-20)15-23-24(28)27(25(29)34-23)16-17-8-11-19(26)12-9-17/h3-15H,2,16H2,1H3/b23-15-. The average molecular weight is 514 g/mol. The van der Waals surface area contributed by atoms with Crippen LogP contribution in [0, 0.1) is 5.82 Å². The fourth-order valence-corrected chi connectivity index (χ4v) is 5.06. The number of carbonyl (C=O) groups is 2. The van der Waals surface area contributed by atoms with Crippen LogP contribution in [-0.4, -0.2) is 31.1 Å². The Bertz CT molecular complexity index is 1390. The molecular weight excluding hydrogens is 493 g/mol. The molecule has 0 bridgehead atoms. The molecule has 0 spiro atoms. The van der Waals surface area contributed by atoms with Crippen molar-refractivity contribution in [2.45, 2.75) is 18.4 Å². The van der Waals surface area contributed by atoms with Crippen LogP contribution in [0.1, 0.15) is 18.1 Å². The summed E-state index contributed by atoms with van der Waals surface area (Å²) in [6.45, 7) is 2.01. The first kappa shape index (κ1) is 24.5. The second kappa shape index (κ2) is 10.3. The molecule has 1 fully saturated rings. The Morgan fingerprint density at radius 1 is 0.971 bits per heavy atom. The van der Waals surface area contributed by atoms with Gasteiger partial charge >= 0.3 is 10.1 Å². The Morgan fingerprint density at radius 2 is 1.69 bits per heavy atom. The van der Waals surface area contributed by atoms with E-state index >= 15 is 0 Å². The SMILES string of the molecule is CCOc1cc(/C=C2\SC(=O)N(Cc3ccc(F)cc3)C2=O)ccc1OS(=O)(=O)c1ccccc1. The molecule has 35 heavy (non-hydrogen) atoms. The lowest BCUT2D eigenvalue weighted by Gasteiger charge is -2.13. The third kappa shape index (κ3) is 5.72. The third-order valence-electron chi connectivity index (χ3n) is 4.92. The molecule has 3 aromatic carbocycles. The summed E-state index contributed by atoms with van der Waals surface area (Å²) in [5.74, 6) is -0.713. The molecule has 1 heterocycles. The topological polar surface area (TPSA) is 90.0 Å². The predicted octanol–water partition coefficient (Wildman–Crippen LogP) is 5.23. The van der Waals surface area contributed by atoms with E-state index in [0.717, 1.165) is 16.7 Å². The second-order valence-corrected chi connectivity index (χ2v) is 9.92. The minimum atomic E-state index is -4.07. The number of imide groups is 1. The minimum Gasteiger partial charge on any atom is -0.490 e. The summed E-state index contributed by atoms with van der Waals surface area (Å²) < 4.78 is 49.2. The Kier molecular flexibility index (Phi) is 7.23. The van der Waals surface area contributed by atoms with Gasteiger partial charge in [-0.2, -0.15) is 8.42 Å². The fourth-order valence-electron chi connectivity index (χ4n) is 3.27. The van der Waals surface area contributed by atoms with E-state index in [9.17, 15) is 22.4 Å². The van der Waals surface area contributed by atoms with Gasteiger partial charge in [0.1, 0.15) is 10.7 Å². The first-order valence-corrected chi connectivity index (χ1v) is 12.8. The molecule has 0 atom stereocenters. The van der Waals surface area contributed by atoms with Gasteiger partial charge in [0.2, 0.25) is 0 Å². The van der Waals surface area contributed by atoms with Crippen molar-refractivity contribution in [3.8, 4) is 11.5 Å². The van der Waals surface area contributed by atoms with Crippen LogP contribution in [0.4, 0.5) is 9.18 Å². The lowest BCUT2D eigenvalue weighted by Crippen LogP contribution is -2.27. The van der Waals surface area contributed by atoms with E-state index in [4.69, 9.17) is 8.92 Å². The average Bonchev–Trinajstić information content (AvgIpc) is 3.10. The van der Waals surface area contributed by atoms with Crippen molar-refractivity contribution in [3.63, 3.8) is 0 Å². The Labute approximate surface area is 206 Å². The first-order chi connectivity index (χ1) is 16.8. The zero-order valence-electron chi connectivity index (χ0n) is 18.5. The lowest BCUT2D eigenvalue weighted by molar-refractivity contribution is -0.123. The van der Waals surface area contributed by atoms with E-state index in [1.165, 1.54) is 54.6 Å². The van der Waals surface area contributed by atoms with Gasteiger partial charge in [-0.15, -0.1) is 0 Å². The zero-order chi connectivity index (χ0) is 25.0. The van der Waals surface area contributed by atoms with Gasteiger partial charge in [0.05, 0.1) is 18.1 Å². The van der Waals surface area contributed by atoms with Gasteiger partial charge in [-0.3, -0.25) is 14.5 Å². The number of halogens is 1. The third-order valence-corrected chi connectivity index (χ3v) is 7.08. The molecule has 0 N–H and O–H groups in total. The van der Waals surface area contributed by atoms with Crippen molar-refractivity contribution >= 4 is 39.1 Å². The molecule has 1 saturated heterocycles. The largest absolute Gasteiger partial charge is 0.490 e. The molecule has 0 unspecified atom stereocenters. The maximum atomic E-state index is 13.1. The summed E-state index contributed by atoms with van der Waals surface area (Å²) in [6.07, 6.45) is 1.52. The van der Waals surface area contributed by atoms with E-state index < -0.39 is 27.1 Å². The number of amides is 2. The van der Waals surface area contributed by atoms with Crippen LogP contribution in [0.25, 0.3) is 6.08 Å². The molecule has 3 aromatic rings. The smallest absolute Gasteiger partial charge is 0.339 e. The number of thioether (sulfide) groups is 1. The van der Waals surface area contributed by atoms with E-state index in [1.807, 2.05) is 0 Å². The highest BCUT2D eigenvalue weighted by Crippen LogP contribution is 2.36. The van der Waals surface area contributed by atoms with Crippen LogP contribution in [0.3, 0.4) is 0 Å². The Morgan fingerprint density at radius 3 is 2.37 bits per heavy atom. The predicted molar refractivity (Wildman–Crippen MR) is 130 cm³/mol. The molecule has 2 amide bonds. The number of hydrogen-bond donors (Lipinski definition) is 0. The highest BCUT2D eigenvalue weighted by Gasteiger charge is 2.35. The van der Waals surface area contributed by atoms with Crippen LogP contribution in [-0.2, 0) is 21.5 Å². The van der Waals surface area contributed by atoms with Gasteiger partial charge in [0.25, 0.3) is 11.1 Å². The second-order valence-electron chi connectivity index (χ2n) is 7.38. The van der Waals surface area contributed by atoms with Crippen molar-refractivity contribution in [1.82, 2.24) is 4.90 Å². The van der Waals surface area contributed by atoms with Crippen molar-refractivity contribution in [2.24, 2.45) is 0 Å². The lowest BCUT2D eigenvalue weighted by atomic mass is 10.1. The molecule has 10 heteroatoms. The minimum absolute atomic E-state index is 0.00125. The number of benzene rings is 3. The molecular formula is C25H20FNO6S2. The first-order valence-electron chi connectivity index (χ1n) is 10.5. The molecule has 7 nitrogen and oxygen atoms in total.